The summed E-state index contributed by atoms with van der Waals surface area (Å²) < 4.78 is 37.7. The first-order valence-electron chi connectivity index (χ1n) is 10.7. The fourth-order valence-corrected chi connectivity index (χ4v) is 4.58. The topological polar surface area (TPSA) is 43.9 Å². The number of carbonyl (C=O) groups is 2. The summed E-state index contributed by atoms with van der Waals surface area (Å²) in [5, 5.41) is 1.89. The molecule has 0 aromatic heterocycles. The van der Waals surface area contributed by atoms with Crippen LogP contribution in [0.25, 0.3) is 10.8 Å². The van der Waals surface area contributed by atoms with Crippen LogP contribution in [-0.4, -0.2) is 78.5 Å². The van der Waals surface area contributed by atoms with Gasteiger partial charge in [0.05, 0.1) is 12.5 Å². The van der Waals surface area contributed by atoms with Gasteiger partial charge in [-0.15, -0.1) is 0 Å². The SMILES string of the molecule is O=C(c1cccc2ccccc12)N1CCC[C@@H](C(=O)N2CCN(CC(F)(F)F)CC2)C1. The van der Waals surface area contributed by atoms with E-state index in [1.54, 1.807) is 9.80 Å². The standard InChI is InChI=1S/C23H26F3N3O2/c24-23(25,26)16-27-11-13-28(14-12-27)21(30)18-7-4-10-29(15-18)22(31)20-9-3-6-17-5-1-2-8-19(17)20/h1-3,5-6,8-9,18H,4,7,10-16H2/t18-/m1/s1. The first-order chi connectivity index (χ1) is 14.8. The summed E-state index contributed by atoms with van der Waals surface area (Å²) >= 11 is 0. The Kier molecular flexibility index (Phi) is 6.18. The molecule has 166 valence electrons. The fourth-order valence-electron chi connectivity index (χ4n) is 4.58. The normalized spacial score (nSPS) is 20.8. The Morgan fingerprint density at radius 3 is 2.35 bits per heavy atom. The number of nitrogens with zero attached hydrogens (tertiary/aromatic N) is 3. The molecule has 2 aromatic rings. The van der Waals surface area contributed by atoms with Crippen LogP contribution in [0.5, 0.6) is 0 Å². The van der Waals surface area contributed by atoms with Crippen molar-refractivity contribution in [2.75, 3.05) is 45.8 Å². The van der Waals surface area contributed by atoms with Crippen LogP contribution < -0.4 is 0 Å². The van der Waals surface area contributed by atoms with Gasteiger partial charge in [0.25, 0.3) is 5.91 Å². The average molecular weight is 433 g/mol. The summed E-state index contributed by atoms with van der Waals surface area (Å²) in [6, 6.07) is 13.4. The Labute approximate surface area is 179 Å². The van der Waals surface area contributed by atoms with E-state index < -0.39 is 12.7 Å². The second-order valence-corrected chi connectivity index (χ2v) is 8.33. The van der Waals surface area contributed by atoms with Crippen molar-refractivity contribution < 1.29 is 22.8 Å². The number of carbonyl (C=O) groups excluding carboxylic acids is 2. The molecule has 2 saturated heterocycles. The molecule has 1 atom stereocenters. The molecule has 0 saturated carbocycles. The van der Waals surface area contributed by atoms with Crippen molar-refractivity contribution in [1.29, 1.82) is 0 Å². The van der Waals surface area contributed by atoms with Crippen molar-refractivity contribution in [1.82, 2.24) is 14.7 Å². The van der Waals surface area contributed by atoms with Crippen molar-refractivity contribution in [3.05, 3.63) is 48.0 Å². The van der Waals surface area contributed by atoms with Crippen LogP contribution in [0.15, 0.2) is 42.5 Å². The van der Waals surface area contributed by atoms with Crippen molar-refractivity contribution in [2.24, 2.45) is 5.92 Å². The summed E-state index contributed by atoms with van der Waals surface area (Å²) in [5.41, 5.74) is 0.631. The Balaban J connectivity index is 1.39. The summed E-state index contributed by atoms with van der Waals surface area (Å²) in [6.45, 7) is 1.04. The van der Waals surface area contributed by atoms with Gasteiger partial charge in [0.15, 0.2) is 0 Å². The highest BCUT2D eigenvalue weighted by molar-refractivity contribution is 6.07. The van der Waals surface area contributed by atoms with E-state index in [1.807, 2.05) is 42.5 Å². The van der Waals surface area contributed by atoms with Gasteiger partial charge in [0, 0.05) is 44.8 Å². The molecule has 2 aromatic carbocycles. The van der Waals surface area contributed by atoms with Crippen LogP contribution in [0, 0.1) is 5.92 Å². The van der Waals surface area contributed by atoms with Gasteiger partial charge in [-0.05, 0) is 29.7 Å². The average Bonchev–Trinajstić information content (AvgIpc) is 2.77. The molecule has 2 amide bonds. The number of alkyl halides is 3. The minimum absolute atomic E-state index is 0.0536. The van der Waals surface area contributed by atoms with Gasteiger partial charge >= 0.3 is 6.18 Å². The summed E-state index contributed by atoms with van der Waals surface area (Å²) in [6.07, 6.45) is -2.79. The lowest BCUT2D eigenvalue weighted by molar-refractivity contribution is -0.153. The molecule has 4 rings (SSSR count). The molecule has 0 aliphatic carbocycles. The van der Waals surface area contributed by atoms with E-state index in [2.05, 4.69) is 0 Å². The summed E-state index contributed by atoms with van der Waals surface area (Å²) in [5.74, 6) is -0.437. The van der Waals surface area contributed by atoms with Crippen molar-refractivity contribution in [3.63, 3.8) is 0 Å². The predicted molar refractivity (Wildman–Crippen MR) is 112 cm³/mol. The molecule has 0 spiro atoms. The van der Waals surface area contributed by atoms with Gasteiger partial charge in [-0.3, -0.25) is 14.5 Å². The number of hydrogen-bond donors (Lipinski definition) is 0. The van der Waals surface area contributed by atoms with Crippen molar-refractivity contribution in [3.8, 4) is 0 Å². The number of halogens is 3. The predicted octanol–water partition coefficient (Wildman–Crippen LogP) is 3.40. The van der Waals surface area contributed by atoms with E-state index in [9.17, 15) is 22.8 Å². The molecule has 0 radical (unpaired) electrons. The molecular formula is C23H26F3N3O2. The minimum Gasteiger partial charge on any atom is -0.340 e. The van der Waals surface area contributed by atoms with E-state index in [4.69, 9.17) is 0 Å². The largest absolute Gasteiger partial charge is 0.401 e. The van der Waals surface area contributed by atoms with Crippen molar-refractivity contribution >= 4 is 22.6 Å². The summed E-state index contributed by atoms with van der Waals surface area (Å²) in [4.78, 5) is 31.0. The second kappa shape index (κ2) is 8.86. The molecule has 2 fully saturated rings. The smallest absolute Gasteiger partial charge is 0.340 e. The number of amides is 2. The first kappa shape index (κ1) is 21.6. The fraction of sp³-hybridized carbons (Fsp3) is 0.478. The van der Waals surface area contributed by atoms with Crippen LogP contribution in [0.1, 0.15) is 23.2 Å². The van der Waals surface area contributed by atoms with E-state index in [0.717, 1.165) is 17.2 Å². The quantitative estimate of drug-likeness (QED) is 0.745. The number of piperidine rings is 1. The lowest BCUT2D eigenvalue weighted by Gasteiger charge is -2.39. The molecule has 0 unspecified atom stereocenters. The van der Waals surface area contributed by atoms with Crippen LogP contribution >= 0.6 is 0 Å². The Bertz CT molecular complexity index is 949. The van der Waals surface area contributed by atoms with Crippen LogP contribution in [-0.2, 0) is 4.79 Å². The maximum atomic E-state index is 13.2. The van der Waals surface area contributed by atoms with Gasteiger partial charge in [-0.25, -0.2) is 0 Å². The van der Waals surface area contributed by atoms with E-state index in [0.29, 0.717) is 38.2 Å². The number of likely N-dealkylation sites (tertiary alicyclic amines) is 1. The number of benzene rings is 2. The maximum absolute atomic E-state index is 13.2. The van der Waals surface area contributed by atoms with Crippen LogP contribution in [0.3, 0.4) is 0 Å². The van der Waals surface area contributed by atoms with Crippen LogP contribution in [0.4, 0.5) is 13.2 Å². The Hall–Kier alpha value is -2.61. The molecule has 8 heteroatoms. The Morgan fingerprint density at radius 2 is 1.61 bits per heavy atom. The van der Waals surface area contributed by atoms with Crippen LogP contribution in [0.2, 0.25) is 0 Å². The van der Waals surface area contributed by atoms with E-state index in [-0.39, 0.29) is 30.8 Å². The number of fused-ring (bicyclic) bond motifs is 1. The third-order valence-corrected chi connectivity index (χ3v) is 6.16. The van der Waals surface area contributed by atoms with Gasteiger partial charge in [0.2, 0.25) is 5.91 Å². The number of piperazine rings is 1. The van der Waals surface area contributed by atoms with Gasteiger partial charge < -0.3 is 9.80 Å². The monoisotopic (exact) mass is 433 g/mol. The second-order valence-electron chi connectivity index (χ2n) is 8.33. The van der Waals surface area contributed by atoms with E-state index >= 15 is 0 Å². The molecule has 2 aliphatic heterocycles. The molecule has 5 nitrogen and oxygen atoms in total. The Morgan fingerprint density at radius 1 is 0.903 bits per heavy atom. The lowest BCUT2D eigenvalue weighted by Crippen LogP contribution is -2.54. The van der Waals surface area contributed by atoms with Gasteiger partial charge in [-0.1, -0.05) is 36.4 Å². The number of rotatable bonds is 3. The molecule has 2 aliphatic rings. The van der Waals surface area contributed by atoms with Gasteiger partial charge in [-0.2, -0.15) is 13.2 Å². The number of hydrogen-bond acceptors (Lipinski definition) is 3. The molecule has 0 bridgehead atoms. The molecule has 2 heterocycles. The lowest BCUT2D eigenvalue weighted by atomic mass is 9.95. The van der Waals surface area contributed by atoms with Gasteiger partial charge in [0.1, 0.15) is 0 Å². The minimum atomic E-state index is -4.22. The molecule has 0 N–H and O–H groups in total. The first-order valence-corrected chi connectivity index (χ1v) is 10.7. The highest BCUT2D eigenvalue weighted by atomic mass is 19.4. The summed E-state index contributed by atoms with van der Waals surface area (Å²) in [7, 11) is 0. The zero-order valence-corrected chi connectivity index (χ0v) is 17.3. The third kappa shape index (κ3) is 5.01. The van der Waals surface area contributed by atoms with Crippen molar-refractivity contribution in [2.45, 2.75) is 19.0 Å². The zero-order valence-electron chi connectivity index (χ0n) is 17.3. The molecular weight excluding hydrogens is 407 g/mol. The third-order valence-electron chi connectivity index (χ3n) is 6.16. The zero-order chi connectivity index (χ0) is 22.0. The molecule has 31 heavy (non-hydrogen) atoms. The maximum Gasteiger partial charge on any atom is 0.401 e. The highest BCUT2D eigenvalue weighted by Gasteiger charge is 2.36. The van der Waals surface area contributed by atoms with E-state index in [1.165, 1.54) is 4.90 Å². The highest BCUT2D eigenvalue weighted by Crippen LogP contribution is 2.25.